The van der Waals surface area contributed by atoms with Gasteiger partial charge in [-0.3, -0.25) is 9.36 Å². The Morgan fingerprint density at radius 3 is 2.82 bits per heavy atom. The fourth-order valence-electron chi connectivity index (χ4n) is 1.60. The first-order valence-electron chi connectivity index (χ1n) is 5.34. The van der Waals surface area contributed by atoms with Gasteiger partial charge in [0.15, 0.2) is 0 Å². The van der Waals surface area contributed by atoms with Crippen molar-refractivity contribution in [2.24, 2.45) is 0 Å². The van der Waals surface area contributed by atoms with Crippen molar-refractivity contribution in [1.29, 1.82) is 0 Å². The summed E-state index contributed by atoms with van der Waals surface area (Å²) in [5.41, 5.74) is 1.79. The maximum Gasteiger partial charge on any atom is 0.267 e. The summed E-state index contributed by atoms with van der Waals surface area (Å²) in [5.74, 6) is 0. The van der Waals surface area contributed by atoms with Crippen LogP contribution >= 0.6 is 22.6 Å². The minimum absolute atomic E-state index is 0.00181. The van der Waals surface area contributed by atoms with Crippen molar-refractivity contribution in [3.8, 4) is 0 Å². The molecule has 2 heterocycles. The Morgan fingerprint density at radius 1 is 1.35 bits per heavy atom. The number of nitrogens with zero attached hydrogens (tertiary/aromatic N) is 4. The SMILES string of the molecule is CCn1cncc1Cn1cnc(C)c(I)c1=O. The molecular formula is C11H13IN4O. The summed E-state index contributed by atoms with van der Waals surface area (Å²) in [7, 11) is 0. The number of halogens is 1. The third-order valence-electron chi connectivity index (χ3n) is 2.63. The largest absolute Gasteiger partial charge is 0.333 e. The maximum atomic E-state index is 12.0. The molecule has 0 atom stereocenters. The van der Waals surface area contributed by atoms with E-state index in [1.54, 1.807) is 23.4 Å². The standard InChI is InChI=1S/C11H13IN4O/c1-3-15-6-13-4-9(15)5-16-7-14-8(2)10(12)11(16)17/h4,6-7H,3,5H2,1-2H3. The zero-order chi connectivity index (χ0) is 12.4. The highest BCUT2D eigenvalue weighted by molar-refractivity contribution is 14.1. The molecule has 0 saturated heterocycles. The second kappa shape index (κ2) is 4.99. The highest BCUT2D eigenvalue weighted by Crippen LogP contribution is 2.04. The van der Waals surface area contributed by atoms with E-state index in [4.69, 9.17) is 0 Å². The van der Waals surface area contributed by atoms with E-state index in [0.717, 1.165) is 17.9 Å². The lowest BCUT2D eigenvalue weighted by Gasteiger charge is -2.08. The third kappa shape index (κ3) is 2.41. The van der Waals surface area contributed by atoms with Crippen LogP contribution in [0.5, 0.6) is 0 Å². The number of rotatable bonds is 3. The summed E-state index contributed by atoms with van der Waals surface area (Å²) < 4.78 is 4.30. The molecule has 0 aliphatic heterocycles. The van der Waals surface area contributed by atoms with Crippen LogP contribution in [0.3, 0.4) is 0 Å². The molecule has 0 radical (unpaired) electrons. The molecule has 5 nitrogen and oxygen atoms in total. The Balaban J connectivity index is 2.37. The molecule has 0 amide bonds. The molecule has 90 valence electrons. The fourth-order valence-corrected chi connectivity index (χ4v) is 2.05. The van der Waals surface area contributed by atoms with Crippen LogP contribution in [0.2, 0.25) is 0 Å². The quantitative estimate of drug-likeness (QED) is 0.792. The molecule has 0 fully saturated rings. The third-order valence-corrected chi connectivity index (χ3v) is 3.87. The molecule has 17 heavy (non-hydrogen) atoms. The summed E-state index contributed by atoms with van der Waals surface area (Å²) in [4.78, 5) is 20.3. The summed E-state index contributed by atoms with van der Waals surface area (Å²) in [6, 6.07) is 0. The van der Waals surface area contributed by atoms with Crippen LogP contribution in [0.15, 0.2) is 23.6 Å². The average Bonchev–Trinajstić information content (AvgIpc) is 2.77. The van der Waals surface area contributed by atoms with E-state index in [1.165, 1.54) is 0 Å². The highest BCUT2D eigenvalue weighted by atomic mass is 127. The number of imidazole rings is 1. The normalized spacial score (nSPS) is 10.8. The molecule has 0 spiro atoms. The highest BCUT2D eigenvalue weighted by Gasteiger charge is 2.07. The molecule has 6 heteroatoms. The van der Waals surface area contributed by atoms with Gasteiger partial charge in [0, 0.05) is 12.7 Å². The van der Waals surface area contributed by atoms with Gasteiger partial charge in [-0.05, 0) is 36.4 Å². The van der Waals surface area contributed by atoms with E-state index in [-0.39, 0.29) is 5.56 Å². The van der Waals surface area contributed by atoms with E-state index in [2.05, 4.69) is 9.97 Å². The van der Waals surface area contributed by atoms with Crippen molar-refractivity contribution >= 4 is 22.6 Å². The molecule has 0 bridgehead atoms. The molecule has 0 saturated carbocycles. The van der Waals surface area contributed by atoms with Crippen LogP contribution in [-0.4, -0.2) is 19.1 Å². The Hall–Kier alpha value is -1.18. The summed E-state index contributed by atoms with van der Waals surface area (Å²) in [5, 5.41) is 0. The Bertz CT molecular complexity index is 587. The minimum atomic E-state index is 0.00181. The smallest absolute Gasteiger partial charge is 0.267 e. The second-order valence-electron chi connectivity index (χ2n) is 3.75. The van der Waals surface area contributed by atoms with Crippen LogP contribution in [0.1, 0.15) is 18.3 Å². The van der Waals surface area contributed by atoms with Crippen molar-refractivity contribution in [2.45, 2.75) is 26.9 Å². The van der Waals surface area contributed by atoms with Gasteiger partial charge in [0.1, 0.15) is 0 Å². The first-order valence-corrected chi connectivity index (χ1v) is 6.42. The average molecular weight is 344 g/mol. The van der Waals surface area contributed by atoms with Gasteiger partial charge in [0.2, 0.25) is 0 Å². The predicted molar refractivity (Wildman–Crippen MR) is 73.0 cm³/mol. The monoisotopic (exact) mass is 344 g/mol. The lowest BCUT2D eigenvalue weighted by atomic mass is 10.4. The second-order valence-corrected chi connectivity index (χ2v) is 4.83. The summed E-state index contributed by atoms with van der Waals surface area (Å²) >= 11 is 2.04. The van der Waals surface area contributed by atoms with Crippen LogP contribution in [-0.2, 0) is 13.1 Å². The number of aromatic nitrogens is 4. The van der Waals surface area contributed by atoms with Crippen molar-refractivity contribution in [3.05, 3.63) is 44.2 Å². The molecule has 0 aliphatic carbocycles. The van der Waals surface area contributed by atoms with Crippen LogP contribution < -0.4 is 5.56 Å². The Labute approximate surface area is 113 Å². The first kappa shape index (κ1) is 12.3. The summed E-state index contributed by atoms with van der Waals surface area (Å²) in [6.07, 6.45) is 5.14. The summed E-state index contributed by atoms with van der Waals surface area (Å²) in [6.45, 7) is 5.24. The van der Waals surface area contributed by atoms with Crippen molar-refractivity contribution in [2.75, 3.05) is 0 Å². The Kier molecular flexibility index (Phi) is 3.60. The van der Waals surface area contributed by atoms with E-state index < -0.39 is 0 Å². The van der Waals surface area contributed by atoms with Crippen molar-refractivity contribution in [1.82, 2.24) is 19.1 Å². The lowest BCUT2D eigenvalue weighted by Crippen LogP contribution is -2.25. The molecule has 0 aromatic carbocycles. The van der Waals surface area contributed by atoms with Gasteiger partial charge in [-0.25, -0.2) is 9.97 Å². The van der Waals surface area contributed by atoms with Crippen LogP contribution in [0, 0.1) is 10.5 Å². The van der Waals surface area contributed by atoms with E-state index in [1.807, 2.05) is 41.0 Å². The van der Waals surface area contributed by atoms with Crippen LogP contribution in [0.4, 0.5) is 0 Å². The van der Waals surface area contributed by atoms with E-state index in [9.17, 15) is 4.79 Å². The number of hydrogen-bond donors (Lipinski definition) is 0. The van der Waals surface area contributed by atoms with E-state index in [0.29, 0.717) is 10.1 Å². The number of hydrogen-bond acceptors (Lipinski definition) is 3. The zero-order valence-corrected chi connectivity index (χ0v) is 11.9. The molecule has 2 aromatic rings. The van der Waals surface area contributed by atoms with Gasteiger partial charge in [-0.1, -0.05) is 0 Å². The minimum Gasteiger partial charge on any atom is -0.333 e. The molecule has 2 aromatic heterocycles. The maximum absolute atomic E-state index is 12.0. The topological polar surface area (TPSA) is 52.7 Å². The molecular weight excluding hydrogens is 331 g/mol. The van der Waals surface area contributed by atoms with Gasteiger partial charge in [0.05, 0.1) is 34.2 Å². The van der Waals surface area contributed by atoms with Crippen molar-refractivity contribution in [3.63, 3.8) is 0 Å². The molecule has 0 aliphatic rings. The van der Waals surface area contributed by atoms with Crippen LogP contribution in [0.25, 0.3) is 0 Å². The van der Waals surface area contributed by atoms with Gasteiger partial charge >= 0.3 is 0 Å². The van der Waals surface area contributed by atoms with Gasteiger partial charge in [-0.15, -0.1) is 0 Å². The number of aryl methyl sites for hydroxylation is 2. The zero-order valence-electron chi connectivity index (χ0n) is 9.72. The van der Waals surface area contributed by atoms with Gasteiger partial charge in [0.25, 0.3) is 5.56 Å². The van der Waals surface area contributed by atoms with Gasteiger partial charge in [-0.2, -0.15) is 0 Å². The molecule has 0 unspecified atom stereocenters. The van der Waals surface area contributed by atoms with Crippen molar-refractivity contribution < 1.29 is 0 Å². The van der Waals surface area contributed by atoms with Gasteiger partial charge < -0.3 is 4.57 Å². The first-order chi connectivity index (χ1) is 8.13. The Morgan fingerprint density at radius 2 is 2.12 bits per heavy atom. The molecule has 2 rings (SSSR count). The lowest BCUT2D eigenvalue weighted by molar-refractivity contribution is 0.644. The predicted octanol–water partition coefficient (Wildman–Crippen LogP) is 1.42. The molecule has 0 N–H and O–H groups in total. The van der Waals surface area contributed by atoms with E-state index >= 15 is 0 Å². The fraction of sp³-hybridized carbons (Fsp3) is 0.364.